The minimum absolute atomic E-state index is 0. The van der Waals surface area contributed by atoms with Crippen molar-refractivity contribution in [3.63, 3.8) is 0 Å². The van der Waals surface area contributed by atoms with Crippen LogP contribution in [0.25, 0.3) is 0 Å². The van der Waals surface area contributed by atoms with Crippen LogP contribution in [0.4, 0.5) is 5.95 Å². The van der Waals surface area contributed by atoms with Gasteiger partial charge in [-0.1, -0.05) is 17.2 Å². The Labute approximate surface area is 151 Å². The Morgan fingerprint density at radius 3 is 2.88 bits per heavy atom. The van der Waals surface area contributed by atoms with Crippen LogP contribution in [0.3, 0.4) is 0 Å². The number of aryl methyl sites for hydroxylation is 1. The fraction of sp³-hybridized carbons (Fsp3) is 0.353. The second kappa shape index (κ2) is 10.2. The van der Waals surface area contributed by atoms with Gasteiger partial charge in [0.15, 0.2) is 0 Å². The van der Waals surface area contributed by atoms with E-state index in [0.29, 0.717) is 19.1 Å². The van der Waals surface area contributed by atoms with Crippen molar-refractivity contribution < 1.29 is 14.6 Å². The molecule has 1 aromatic carbocycles. The zero-order valence-corrected chi connectivity index (χ0v) is 14.7. The van der Waals surface area contributed by atoms with Crippen LogP contribution in [0.15, 0.2) is 47.1 Å². The topological polar surface area (TPSA) is 122 Å². The van der Waals surface area contributed by atoms with Gasteiger partial charge in [0.25, 0.3) is 0 Å². The molecule has 3 aromatic rings. The molecule has 0 unspecified atom stereocenters. The van der Waals surface area contributed by atoms with E-state index in [4.69, 9.17) is 9.15 Å². The third-order valence-electron chi connectivity index (χ3n) is 3.60. The molecule has 0 saturated carbocycles. The van der Waals surface area contributed by atoms with Gasteiger partial charge in [-0.15, -0.1) is 0 Å². The van der Waals surface area contributed by atoms with Crippen molar-refractivity contribution >= 4 is 5.95 Å². The average molecular weight is 360 g/mol. The average Bonchev–Trinajstić information content (AvgIpc) is 3.27. The fourth-order valence-electron chi connectivity index (χ4n) is 2.33. The number of ether oxygens (including phenoxy) is 1. The molecule has 9 heteroatoms. The Balaban J connectivity index is 0.00000243. The summed E-state index contributed by atoms with van der Waals surface area (Å²) in [5.74, 6) is 2.46. The predicted molar refractivity (Wildman–Crippen MR) is 96.7 cm³/mol. The van der Waals surface area contributed by atoms with E-state index < -0.39 is 0 Å². The first-order valence-electron chi connectivity index (χ1n) is 8.22. The summed E-state index contributed by atoms with van der Waals surface area (Å²) in [7, 11) is 1.80. The molecule has 26 heavy (non-hydrogen) atoms. The van der Waals surface area contributed by atoms with Crippen molar-refractivity contribution in [3.8, 4) is 5.75 Å². The van der Waals surface area contributed by atoms with Crippen LogP contribution in [0, 0.1) is 0 Å². The number of tetrazole rings is 1. The molecule has 0 aliphatic carbocycles. The summed E-state index contributed by atoms with van der Waals surface area (Å²) < 4.78 is 12.7. The molecule has 0 aliphatic rings. The van der Waals surface area contributed by atoms with Gasteiger partial charge in [-0.3, -0.25) is 0 Å². The number of furan rings is 1. The standard InChI is InChI=1S/C17H22N6O2.H2O/c1-23-17(20-21-22-23)19-8-4-10-24-15-6-2-5-14(11-15)12-18-13-16-7-3-9-25-16;/h2-3,5-7,9,11,18H,4,8,10,12-13H2,1H3,(H,19,20,22);1H2. The lowest BCUT2D eigenvalue weighted by atomic mass is 10.2. The van der Waals surface area contributed by atoms with Crippen molar-refractivity contribution in [2.45, 2.75) is 19.5 Å². The van der Waals surface area contributed by atoms with E-state index in [0.717, 1.165) is 31.0 Å². The third kappa shape index (κ3) is 5.87. The number of nitrogens with zero attached hydrogens (tertiary/aromatic N) is 4. The molecule has 0 radical (unpaired) electrons. The van der Waals surface area contributed by atoms with Crippen LogP contribution >= 0.6 is 0 Å². The summed E-state index contributed by atoms with van der Waals surface area (Å²) in [5, 5.41) is 17.7. The molecular weight excluding hydrogens is 336 g/mol. The van der Waals surface area contributed by atoms with E-state index in [1.807, 2.05) is 24.3 Å². The highest BCUT2D eigenvalue weighted by atomic mass is 16.5. The maximum Gasteiger partial charge on any atom is 0.242 e. The predicted octanol–water partition coefficient (Wildman–Crippen LogP) is 1.15. The van der Waals surface area contributed by atoms with Gasteiger partial charge in [0.2, 0.25) is 5.95 Å². The fourth-order valence-corrected chi connectivity index (χ4v) is 2.33. The molecule has 0 amide bonds. The van der Waals surface area contributed by atoms with Crippen molar-refractivity contribution in [3.05, 3.63) is 54.0 Å². The monoisotopic (exact) mass is 360 g/mol. The summed E-state index contributed by atoms with van der Waals surface area (Å²) in [6.45, 7) is 2.85. The molecule has 0 saturated heterocycles. The van der Waals surface area contributed by atoms with Gasteiger partial charge in [0, 0.05) is 20.1 Å². The number of benzene rings is 1. The molecular formula is C17H24N6O3. The van der Waals surface area contributed by atoms with Crippen molar-refractivity contribution in [1.82, 2.24) is 25.5 Å². The molecule has 0 atom stereocenters. The highest BCUT2D eigenvalue weighted by molar-refractivity contribution is 5.28. The maximum absolute atomic E-state index is 5.80. The first kappa shape index (κ1) is 19.4. The number of rotatable bonds is 10. The lowest BCUT2D eigenvalue weighted by molar-refractivity contribution is 0.314. The van der Waals surface area contributed by atoms with Gasteiger partial charge in [0.1, 0.15) is 11.5 Å². The highest BCUT2D eigenvalue weighted by Gasteiger charge is 2.01. The molecule has 2 heterocycles. The number of nitrogens with one attached hydrogen (secondary N) is 2. The largest absolute Gasteiger partial charge is 0.494 e. The first-order chi connectivity index (χ1) is 12.3. The zero-order chi connectivity index (χ0) is 17.3. The highest BCUT2D eigenvalue weighted by Crippen LogP contribution is 2.14. The summed E-state index contributed by atoms with van der Waals surface area (Å²) in [6, 6.07) is 11.9. The van der Waals surface area contributed by atoms with Gasteiger partial charge in [0.05, 0.1) is 19.4 Å². The summed E-state index contributed by atoms with van der Waals surface area (Å²) >= 11 is 0. The number of hydrogen-bond acceptors (Lipinski definition) is 7. The Kier molecular flexibility index (Phi) is 7.59. The van der Waals surface area contributed by atoms with Crippen LogP contribution < -0.4 is 15.4 Å². The Bertz CT molecular complexity index is 759. The van der Waals surface area contributed by atoms with Gasteiger partial charge in [-0.05, 0) is 46.7 Å². The lowest BCUT2D eigenvalue weighted by Gasteiger charge is -2.09. The van der Waals surface area contributed by atoms with E-state index in [-0.39, 0.29) is 5.48 Å². The zero-order valence-electron chi connectivity index (χ0n) is 14.7. The van der Waals surface area contributed by atoms with Gasteiger partial charge < -0.3 is 25.3 Å². The van der Waals surface area contributed by atoms with Crippen molar-refractivity contribution in [2.24, 2.45) is 7.05 Å². The van der Waals surface area contributed by atoms with Gasteiger partial charge in [-0.25, -0.2) is 4.68 Å². The van der Waals surface area contributed by atoms with Crippen LogP contribution in [0.1, 0.15) is 17.7 Å². The first-order valence-corrected chi connectivity index (χ1v) is 8.22. The summed E-state index contributed by atoms with van der Waals surface area (Å²) in [5.41, 5.74) is 1.17. The van der Waals surface area contributed by atoms with E-state index >= 15 is 0 Å². The SMILES string of the molecule is Cn1nnnc1NCCCOc1cccc(CNCc2ccco2)c1.O. The number of anilines is 1. The number of aromatic nitrogens is 4. The molecule has 9 nitrogen and oxygen atoms in total. The lowest BCUT2D eigenvalue weighted by Crippen LogP contribution is -2.12. The van der Waals surface area contributed by atoms with Gasteiger partial charge >= 0.3 is 0 Å². The second-order valence-electron chi connectivity index (χ2n) is 5.59. The van der Waals surface area contributed by atoms with E-state index in [9.17, 15) is 0 Å². The Morgan fingerprint density at radius 1 is 1.19 bits per heavy atom. The molecule has 0 bridgehead atoms. The molecule has 2 aromatic heterocycles. The quantitative estimate of drug-likeness (QED) is 0.520. The van der Waals surface area contributed by atoms with Crippen LogP contribution in [0.5, 0.6) is 5.75 Å². The molecule has 0 aliphatic heterocycles. The molecule has 0 spiro atoms. The van der Waals surface area contributed by atoms with Gasteiger partial charge in [-0.2, -0.15) is 0 Å². The Hall–Kier alpha value is -2.91. The molecule has 0 fully saturated rings. The molecule has 140 valence electrons. The minimum Gasteiger partial charge on any atom is -0.494 e. The van der Waals surface area contributed by atoms with Crippen molar-refractivity contribution in [1.29, 1.82) is 0 Å². The summed E-state index contributed by atoms with van der Waals surface area (Å²) in [6.07, 6.45) is 2.54. The maximum atomic E-state index is 5.80. The summed E-state index contributed by atoms with van der Waals surface area (Å²) in [4.78, 5) is 0. The van der Waals surface area contributed by atoms with Crippen molar-refractivity contribution in [2.75, 3.05) is 18.5 Å². The van der Waals surface area contributed by atoms with Crippen LogP contribution in [-0.4, -0.2) is 38.8 Å². The van der Waals surface area contributed by atoms with Crippen LogP contribution in [-0.2, 0) is 20.1 Å². The minimum atomic E-state index is 0. The number of hydrogen-bond donors (Lipinski definition) is 2. The van der Waals surface area contributed by atoms with E-state index in [2.05, 4.69) is 38.3 Å². The van der Waals surface area contributed by atoms with E-state index in [1.54, 1.807) is 18.0 Å². The van der Waals surface area contributed by atoms with E-state index in [1.165, 1.54) is 5.56 Å². The third-order valence-corrected chi connectivity index (χ3v) is 3.60. The van der Waals surface area contributed by atoms with Crippen LogP contribution in [0.2, 0.25) is 0 Å². The Morgan fingerprint density at radius 2 is 2.12 bits per heavy atom. The second-order valence-corrected chi connectivity index (χ2v) is 5.59. The molecule has 3 rings (SSSR count). The molecule has 4 N–H and O–H groups in total. The normalized spacial score (nSPS) is 10.3. The smallest absolute Gasteiger partial charge is 0.242 e.